The molecule has 8 nitrogen and oxygen atoms in total. The van der Waals surface area contributed by atoms with E-state index in [9.17, 15) is 9.59 Å². The minimum Gasteiger partial charge on any atom is -0.383 e. The van der Waals surface area contributed by atoms with E-state index in [0.29, 0.717) is 11.5 Å². The number of anilines is 2. The van der Waals surface area contributed by atoms with Gasteiger partial charge < -0.3 is 10.6 Å². The Hall–Kier alpha value is -3.94. The van der Waals surface area contributed by atoms with Crippen molar-refractivity contribution in [3.63, 3.8) is 0 Å². The van der Waals surface area contributed by atoms with Crippen LogP contribution < -0.4 is 16.3 Å². The van der Waals surface area contributed by atoms with E-state index in [2.05, 4.69) is 10.1 Å². The number of pyridine rings is 1. The Labute approximate surface area is 173 Å². The lowest BCUT2D eigenvalue weighted by Gasteiger charge is -2.17. The molecule has 30 heavy (non-hydrogen) atoms. The largest absolute Gasteiger partial charge is 0.383 e. The summed E-state index contributed by atoms with van der Waals surface area (Å²) in [6.07, 6.45) is 0. The van der Waals surface area contributed by atoms with Gasteiger partial charge in [0.15, 0.2) is 0 Å². The second-order valence-corrected chi connectivity index (χ2v) is 7.23. The Morgan fingerprint density at radius 1 is 1.13 bits per heavy atom. The number of benzene rings is 2. The second-order valence-electron chi connectivity index (χ2n) is 7.23. The quantitative estimate of drug-likeness (QED) is 0.565. The summed E-state index contributed by atoms with van der Waals surface area (Å²) in [4.78, 5) is 31.7. The molecule has 2 N–H and O–H groups in total. The number of aryl methyl sites for hydroxylation is 2. The summed E-state index contributed by atoms with van der Waals surface area (Å²) in [5, 5.41) is 5.14. The van der Waals surface area contributed by atoms with E-state index in [0.717, 1.165) is 22.0 Å². The molecule has 0 spiro atoms. The second kappa shape index (κ2) is 7.47. The molecule has 0 bridgehead atoms. The molecule has 1 amide bonds. The molecule has 0 aliphatic carbocycles. The summed E-state index contributed by atoms with van der Waals surface area (Å²) in [6.45, 7) is 2.10. The summed E-state index contributed by atoms with van der Waals surface area (Å²) in [6, 6.07) is 16.9. The van der Waals surface area contributed by atoms with Crippen LogP contribution in [0.2, 0.25) is 0 Å². The highest BCUT2D eigenvalue weighted by Gasteiger charge is 2.23. The van der Waals surface area contributed by atoms with Gasteiger partial charge in [0.25, 0.3) is 5.91 Å². The van der Waals surface area contributed by atoms with Crippen LogP contribution in [0.25, 0.3) is 10.9 Å². The van der Waals surface area contributed by atoms with Gasteiger partial charge >= 0.3 is 5.69 Å². The van der Waals surface area contributed by atoms with E-state index in [-0.39, 0.29) is 24.0 Å². The maximum Gasteiger partial charge on any atom is 0.346 e. The van der Waals surface area contributed by atoms with Crippen molar-refractivity contribution in [1.82, 2.24) is 19.3 Å². The van der Waals surface area contributed by atoms with Crippen LogP contribution in [0.1, 0.15) is 21.7 Å². The molecule has 0 unspecified atom stereocenters. The van der Waals surface area contributed by atoms with Gasteiger partial charge in [-0.2, -0.15) is 0 Å². The van der Waals surface area contributed by atoms with Crippen LogP contribution in [0.15, 0.2) is 59.4 Å². The monoisotopic (exact) mass is 402 g/mol. The van der Waals surface area contributed by atoms with Crippen molar-refractivity contribution >= 4 is 28.3 Å². The molecule has 0 atom stereocenters. The molecular weight excluding hydrogens is 380 g/mol. The highest BCUT2D eigenvalue weighted by Crippen LogP contribution is 2.20. The molecule has 152 valence electrons. The third-order valence-corrected chi connectivity index (χ3v) is 5.10. The van der Waals surface area contributed by atoms with Gasteiger partial charge in [-0.05, 0) is 42.3 Å². The normalized spacial score (nSPS) is 11.0. The molecule has 4 rings (SSSR count). The lowest BCUT2D eigenvalue weighted by atomic mass is 10.1. The van der Waals surface area contributed by atoms with Crippen molar-refractivity contribution < 1.29 is 4.79 Å². The van der Waals surface area contributed by atoms with Crippen LogP contribution in [0.3, 0.4) is 0 Å². The number of carbonyl (C=O) groups is 1. The van der Waals surface area contributed by atoms with Gasteiger partial charge in [-0.15, -0.1) is 5.10 Å². The number of rotatable bonds is 4. The Morgan fingerprint density at radius 3 is 2.60 bits per heavy atom. The molecule has 0 aliphatic rings. The zero-order valence-electron chi connectivity index (χ0n) is 17.0. The first-order valence-electron chi connectivity index (χ1n) is 9.48. The number of nitrogens with two attached hydrogens (primary N) is 1. The predicted octanol–water partition coefficient (Wildman–Crippen LogP) is 2.35. The number of nitrogens with zero attached hydrogens (tertiary/aromatic N) is 5. The third-order valence-electron chi connectivity index (χ3n) is 5.10. The first kappa shape index (κ1) is 19.4. The molecule has 0 saturated carbocycles. The fourth-order valence-electron chi connectivity index (χ4n) is 3.34. The first-order valence-corrected chi connectivity index (χ1v) is 9.48. The molecule has 0 aliphatic heterocycles. The van der Waals surface area contributed by atoms with E-state index in [1.165, 1.54) is 21.2 Å². The van der Waals surface area contributed by atoms with Crippen molar-refractivity contribution in [2.75, 3.05) is 17.7 Å². The minimum atomic E-state index is -0.365. The topological polar surface area (TPSA) is 99.0 Å². The number of para-hydroxylation sites is 1. The third kappa shape index (κ3) is 3.43. The lowest BCUT2D eigenvalue weighted by molar-refractivity contribution is 0.0978. The van der Waals surface area contributed by atoms with Crippen LogP contribution in [-0.2, 0) is 13.6 Å². The highest BCUT2D eigenvalue weighted by atomic mass is 16.2. The number of hydrogen-bond acceptors (Lipinski definition) is 5. The maximum atomic E-state index is 13.1. The average Bonchev–Trinajstić information content (AvgIpc) is 3.02. The Bertz CT molecular complexity index is 1310. The number of amides is 1. The number of carbonyl (C=O) groups excluding carboxylic acids is 1. The molecule has 4 aromatic rings. The standard InChI is InChI=1S/C22H22N6O2/c1-14-11-16-10-9-15(12-18(16)24-19(14)23)13-28-20(25-27(3)22(28)30)21(29)26(2)17-7-5-4-6-8-17/h4-12H,13H2,1-3H3,(H2,23,24). The zero-order chi connectivity index (χ0) is 21.4. The summed E-state index contributed by atoms with van der Waals surface area (Å²) in [7, 11) is 3.19. The summed E-state index contributed by atoms with van der Waals surface area (Å²) < 4.78 is 2.55. The Morgan fingerprint density at radius 2 is 1.87 bits per heavy atom. The zero-order valence-corrected chi connectivity index (χ0v) is 17.0. The van der Waals surface area contributed by atoms with Crippen molar-refractivity contribution in [3.8, 4) is 0 Å². The van der Waals surface area contributed by atoms with Crippen LogP contribution in [0.4, 0.5) is 11.5 Å². The van der Waals surface area contributed by atoms with Crippen molar-refractivity contribution in [2.45, 2.75) is 13.5 Å². The van der Waals surface area contributed by atoms with Crippen LogP contribution >= 0.6 is 0 Å². The molecule has 0 saturated heterocycles. The van der Waals surface area contributed by atoms with E-state index >= 15 is 0 Å². The lowest BCUT2D eigenvalue weighted by Crippen LogP contribution is -2.31. The van der Waals surface area contributed by atoms with Crippen molar-refractivity contribution in [3.05, 3.63) is 82.0 Å². The van der Waals surface area contributed by atoms with E-state index < -0.39 is 0 Å². The summed E-state index contributed by atoms with van der Waals surface area (Å²) in [5.74, 6) is 0.182. The van der Waals surface area contributed by atoms with Crippen LogP contribution in [0.5, 0.6) is 0 Å². The smallest absolute Gasteiger partial charge is 0.346 e. The predicted molar refractivity (Wildman–Crippen MR) is 117 cm³/mol. The Kier molecular flexibility index (Phi) is 4.83. The van der Waals surface area contributed by atoms with E-state index in [4.69, 9.17) is 5.73 Å². The fraction of sp³-hybridized carbons (Fsp3) is 0.182. The van der Waals surface area contributed by atoms with Crippen molar-refractivity contribution in [2.24, 2.45) is 7.05 Å². The van der Waals surface area contributed by atoms with Crippen molar-refractivity contribution in [1.29, 1.82) is 0 Å². The molecule has 8 heteroatoms. The number of hydrogen-bond donors (Lipinski definition) is 1. The van der Waals surface area contributed by atoms with Gasteiger partial charge in [-0.1, -0.05) is 30.3 Å². The van der Waals surface area contributed by atoms with Gasteiger partial charge in [0, 0.05) is 25.2 Å². The number of nitrogen functional groups attached to an aromatic ring is 1. The molecule has 2 aromatic heterocycles. The SMILES string of the molecule is Cc1cc2ccc(Cn3c(C(=O)N(C)c4ccccc4)nn(C)c3=O)cc2nc1N. The van der Waals surface area contributed by atoms with Gasteiger partial charge in [0.1, 0.15) is 5.82 Å². The Balaban J connectivity index is 1.72. The first-order chi connectivity index (χ1) is 14.3. The fourth-order valence-corrected chi connectivity index (χ4v) is 3.34. The van der Waals surface area contributed by atoms with Crippen LogP contribution in [-0.4, -0.2) is 32.3 Å². The molecule has 2 heterocycles. The molecule has 0 fully saturated rings. The molecular formula is C22H22N6O2. The number of aromatic nitrogens is 4. The number of fused-ring (bicyclic) bond motifs is 1. The van der Waals surface area contributed by atoms with E-state index in [1.807, 2.05) is 61.5 Å². The van der Waals surface area contributed by atoms with Gasteiger partial charge in [-0.3, -0.25) is 9.36 Å². The average molecular weight is 402 g/mol. The highest BCUT2D eigenvalue weighted by molar-refractivity contribution is 6.03. The summed E-state index contributed by atoms with van der Waals surface area (Å²) in [5.41, 5.74) is 8.76. The van der Waals surface area contributed by atoms with Gasteiger partial charge in [0.05, 0.1) is 12.1 Å². The van der Waals surface area contributed by atoms with E-state index in [1.54, 1.807) is 7.05 Å². The molecule has 2 aromatic carbocycles. The van der Waals surface area contributed by atoms with Gasteiger partial charge in [-0.25, -0.2) is 14.5 Å². The van der Waals surface area contributed by atoms with Gasteiger partial charge in [0.2, 0.25) is 5.82 Å². The molecule has 0 radical (unpaired) electrons. The minimum absolute atomic E-state index is 0.0744. The maximum absolute atomic E-state index is 13.1. The summed E-state index contributed by atoms with van der Waals surface area (Å²) >= 11 is 0. The van der Waals surface area contributed by atoms with Crippen LogP contribution in [0, 0.1) is 6.92 Å².